The fourth-order valence-electron chi connectivity index (χ4n) is 4.32. The first-order valence-electron chi connectivity index (χ1n) is 11.7. The van der Waals surface area contributed by atoms with Crippen LogP contribution in [0, 0.1) is 17.2 Å². The van der Waals surface area contributed by atoms with Gasteiger partial charge in [-0.15, -0.1) is 11.3 Å². The molecule has 3 rings (SSSR count). The van der Waals surface area contributed by atoms with Crippen LogP contribution in [-0.2, 0) is 9.59 Å². The Morgan fingerprint density at radius 1 is 1.18 bits per heavy atom. The van der Waals surface area contributed by atoms with E-state index in [-0.39, 0.29) is 35.4 Å². The third-order valence-electron chi connectivity index (χ3n) is 6.06. The standard InChI is InChI=1S/C24H34N6O3S/c1-14(2)12-19(27-15(3)31)22(33)28-18(13-16-8-10-30(11-9-16)24(25)26)21(32)23-29-17-6-4-5-7-20(17)34-23/h4-7,14,16,18-19H,8-13H2,1-3H3,(H3,25,26)(H,27,31)(H,28,33)/t18?,19-/m0/s1. The molecule has 0 aliphatic carbocycles. The van der Waals surface area contributed by atoms with Crippen LogP contribution in [-0.4, -0.2) is 58.6 Å². The quantitative estimate of drug-likeness (QED) is 0.244. The molecule has 0 saturated carbocycles. The number of nitrogens with two attached hydrogens (primary N) is 1. The van der Waals surface area contributed by atoms with E-state index in [0.717, 1.165) is 23.1 Å². The molecule has 1 aliphatic rings. The Labute approximate surface area is 204 Å². The summed E-state index contributed by atoms with van der Waals surface area (Å²) < 4.78 is 0.918. The van der Waals surface area contributed by atoms with Crippen LogP contribution in [0.4, 0.5) is 0 Å². The predicted molar refractivity (Wildman–Crippen MR) is 134 cm³/mol. The number of rotatable bonds is 9. The van der Waals surface area contributed by atoms with Crippen molar-refractivity contribution in [2.45, 2.75) is 58.5 Å². The van der Waals surface area contributed by atoms with Crippen LogP contribution in [0.3, 0.4) is 0 Å². The van der Waals surface area contributed by atoms with Gasteiger partial charge in [-0.2, -0.15) is 0 Å². The van der Waals surface area contributed by atoms with Crippen LogP contribution >= 0.6 is 11.3 Å². The predicted octanol–water partition coefficient (Wildman–Crippen LogP) is 2.51. The van der Waals surface area contributed by atoms with E-state index in [0.29, 0.717) is 30.9 Å². The van der Waals surface area contributed by atoms with E-state index in [4.69, 9.17) is 11.1 Å². The lowest BCUT2D eigenvalue weighted by atomic mass is 9.88. The molecule has 2 atom stereocenters. The number of likely N-dealkylation sites (tertiary alicyclic amines) is 1. The number of ketones is 1. The number of thiazole rings is 1. The smallest absolute Gasteiger partial charge is 0.243 e. The third kappa shape index (κ3) is 6.75. The Morgan fingerprint density at radius 2 is 1.85 bits per heavy atom. The molecule has 1 aromatic carbocycles. The molecular weight excluding hydrogens is 452 g/mol. The summed E-state index contributed by atoms with van der Waals surface area (Å²) in [6, 6.07) is 6.12. The fourth-order valence-corrected chi connectivity index (χ4v) is 5.28. The number of hydrogen-bond acceptors (Lipinski definition) is 6. The SMILES string of the molecule is CC(=O)N[C@@H](CC(C)C)C(=O)NC(CC1CCN(C(=N)N)CC1)C(=O)c1nc2ccccc2s1. The maximum absolute atomic E-state index is 13.5. The molecule has 2 aromatic rings. The zero-order valence-electron chi connectivity index (χ0n) is 20.0. The fraction of sp³-hybridized carbons (Fsp3) is 0.542. The van der Waals surface area contributed by atoms with E-state index in [9.17, 15) is 14.4 Å². The van der Waals surface area contributed by atoms with Crippen molar-refractivity contribution in [2.24, 2.45) is 17.6 Å². The van der Waals surface area contributed by atoms with Gasteiger partial charge in [0.2, 0.25) is 17.6 Å². The lowest BCUT2D eigenvalue weighted by molar-refractivity contribution is -0.128. The summed E-state index contributed by atoms with van der Waals surface area (Å²) in [4.78, 5) is 44.7. The molecule has 1 fully saturated rings. The van der Waals surface area contributed by atoms with Gasteiger partial charge in [-0.05, 0) is 49.7 Å². The van der Waals surface area contributed by atoms with Gasteiger partial charge in [0.25, 0.3) is 0 Å². The molecule has 2 amide bonds. The van der Waals surface area contributed by atoms with Gasteiger partial charge in [0.1, 0.15) is 6.04 Å². The highest BCUT2D eigenvalue weighted by molar-refractivity contribution is 7.20. The van der Waals surface area contributed by atoms with Gasteiger partial charge in [0, 0.05) is 20.0 Å². The number of aromatic nitrogens is 1. The van der Waals surface area contributed by atoms with E-state index >= 15 is 0 Å². The van der Waals surface area contributed by atoms with Crippen molar-refractivity contribution in [1.82, 2.24) is 20.5 Å². The first-order valence-corrected chi connectivity index (χ1v) is 12.5. The number of piperidine rings is 1. The number of para-hydroxylation sites is 1. The molecule has 34 heavy (non-hydrogen) atoms. The summed E-state index contributed by atoms with van der Waals surface area (Å²) in [5.41, 5.74) is 6.37. The molecule has 1 saturated heterocycles. The average molecular weight is 487 g/mol. The number of guanidine groups is 1. The zero-order chi connectivity index (χ0) is 24.8. The Hall–Kier alpha value is -3.01. The minimum absolute atomic E-state index is 0.0562. The molecule has 9 nitrogen and oxygen atoms in total. The summed E-state index contributed by atoms with van der Waals surface area (Å²) in [6.07, 6.45) is 2.51. The minimum atomic E-state index is -0.745. The van der Waals surface area contributed by atoms with E-state index in [1.165, 1.54) is 18.3 Å². The maximum atomic E-state index is 13.5. The Morgan fingerprint density at radius 3 is 2.44 bits per heavy atom. The number of benzene rings is 1. The van der Waals surface area contributed by atoms with Crippen LogP contribution in [0.5, 0.6) is 0 Å². The maximum Gasteiger partial charge on any atom is 0.243 e. The first-order chi connectivity index (χ1) is 16.1. The van der Waals surface area contributed by atoms with E-state index in [1.54, 1.807) is 0 Å². The summed E-state index contributed by atoms with van der Waals surface area (Å²) in [5.74, 6) is -0.410. The number of carbonyl (C=O) groups excluding carboxylic acids is 3. The molecule has 184 valence electrons. The summed E-state index contributed by atoms with van der Waals surface area (Å²) >= 11 is 1.32. The molecule has 0 bridgehead atoms. The van der Waals surface area contributed by atoms with Crippen LogP contribution in [0.1, 0.15) is 56.3 Å². The normalized spacial score (nSPS) is 16.3. The highest BCUT2D eigenvalue weighted by Gasteiger charge is 2.32. The van der Waals surface area contributed by atoms with Gasteiger partial charge in [-0.3, -0.25) is 19.8 Å². The highest BCUT2D eigenvalue weighted by Crippen LogP contribution is 2.27. The van der Waals surface area contributed by atoms with Gasteiger partial charge in [-0.25, -0.2) is 4.98 Å². The summed E-state index contributed by atoms with van der Waals surface area (Å²) in [5, 5.41) is 13.7. The number of fused-ring (bicyclic) bond motifs is 1. The number of hydrogen-bond donors (Lipinski definition) is 4. The second kappa shape index (κ2) is 11.4. The molecule has 5 N–H and O–H groups in total. The van der Waals surface area contributed by atoms with Crippen molar-refractivity contribution in [3.63, 3.8) is 0 Å². The topological polar surface area (TPSA) is 141 Å². The van der Waals surface area contributed by atoms with Crippen LogP contribution in [0.2, 0.25) is 0 Å². The van der Waals surface area contributed by atoms with Gasteiger partial charge >= 0.3 is 0 Å². The van der Waals surface area contributed by atoms with Gasteiger partial charge in [0.05, 0.1) is 16.3 Å². The Balaban J connectivity index is 1.80. The molecular formula is C24H34N6O3S. The van der Waals surface area contributed by atoms with Crippen molar-refractivity contribution < 1.29 is 14.4 Å². The Kier molecular flexibility index (Phi) is 8.60. The van der Waals surface area contributed by atoms with E-state index < -0.39 is 12.1 Å². The molecule has 1 unspecified atom stereocenters. The van der Waals surface area contributed by atoms with Gasteiger partial charge < -0.3 is 21.3 Å². The second-order valence-electron chi connectivity index (χ2n) is 9.35. The van der Waals surface area contributed by atoms with E-state index in [1.807, 2.05) is 43.0 Å². The first kappa shape index (κ1) is 25.6. The summed E-state index contributed by atoms with van der Waals surface area (Å²) in [6.45, 7) is 6.65. The van der Waals surface area contributed by atoms with Crippen molar-refractivity contribution >= 4 is 45.1 Å². The Bertz CT molecular complexity index is 1010. The number of nitrogens with one attached hydrogen (secondary N) is 3. The third-order valence-corrected chi connectivity index (χ3v) is 7.11. The van der Waals surface area contributed by atoms with Crippen LogP contribution in [0.15, 0.2) is 24.3 Å². The lowest BCUT2D eigenvalue weighted by Crippen LogP contribution is -2.52. The number of nitrogens with zero attached hydrogens (tertiary/aromatic N) is 2. The average Bonchev–Trinajstić information content (AvgIpc) is 3.21. The van der Waals surface area contributed by atoms with Crippen molar-refractivity contribution in [2.75, 3.05) is 13.1 Å². The second-order valence-corrected chi connectivity index (χ2v) is 10.4. The largest absolute Gasteiger partial charge is 0.370 e. The highest BCUT2D eigenvalue weighted by atomic mass is 32.1. The number of Topliss-reactive ketones (excluding diaryl/α,β-unsaturated/α-hetero) is 1. The van der Waals surface area contributed by atoms with E-state index in [2.05, 4.69) is 15.6 Å². The van der Waals surface area contributed by atoms with Crippen molar-refractivity contribution in [1.29, 1.82) is 5.41 Å². The zero-order valence-corrected chi connectivity index (χ0v) is 20.8. The number of carbonyl (C=O) groups is 3. The van der Waals surface area contributed by atoms with Gasteiger partial charge in [-0.1, -0.05) is 26.0 Å². The number of amides is 2. The lowest BCUT2D eigenvalue weighted by Gasteiger charge is -2.34. The minimum Gasteiger partial charge on any atom is -0.370 e. The van der Waals surface area contributed by atoms with Gasteiger partial charge in [0.15, 0.2) is 11.0 Å². The van der Waals surface area contributed by atoms with Crippen molar-refractivity contribution in [3.05, 3.63) is 29.3 Å². The molecule has 1 aliphatic heterocycles. The molecule has 2 heterocycles. The molecule has 1 aromatic heterocycles. The molecule has 0 radical (unpaired) electrons. The monoisotopic (exact) mass is 486 g/mol. The summed E-state index contributed by atoms with van der Waals surface area (Å²) in [7, 11) is 0. The van der Waals surface area contributed by atoms with Crippen LogP contribution in [0.25, 0.3) is 10.2 Å². The van der Waals surface area contributed by atoms with Crippen LogP contribution < -0.4 is 16.4 Å². The molecule has 10 heteroatoms. The molecule has 0 spiro atoms. The van der Waals surface area contributed by atoms with Crippen molar-refractivity contribution in [3.8, 4) is 0 Å².